The van der Waals surface area contributed by atoms with Crippen LogP contribution in [-0.4, -0.2) is 27.2 Å². The van der Waals surface area contributed by atoms with Crippen molar-refractivity contribution in [2.75, 3.05) is 11.1 Å². The van der Waals surface area contributed by atoms with Gasteiger partial charge in [-0.05, 0) is 43.5 Å². The van der Waals surface area contributed by atoms with Gasteiger partial charge in [0, 0.05) is 22.2 Å². The number of aliphatic hydroxyl groups is 1. The number of nitrogens with two attached hydrogens (primary N) is 1. The molecule has 5 nitrogen and oxygen atoms in total. The van der Waals surface area contributed by atoms with Gasteiger partial charge >= 0.3 is 0 Å². The van der Waals surface area contributed by atoms with Gasteiger partial charge in [0.05, 0.1) is 11.0 Å². The lowest BCUT2D eigenvalue weighted by atomic mass is 10.2. The lowest BCUT2D eigenvalue weighted by Gasteiger charge is -2.16. The van der Waals surface area contributed by atoms with Crippen LogP contribution in [0.15, 0.2) is 40.3 Å². The van der Waals surface area contributed by atoms with Crippen LogP contribution in [0, 0.1) is 0 Å². The SMILES string of the molecule is Nc1ncc(Sc2ccc(Cl)cc2)c(N[C@H]2CC[C@@H](O)C2)n1. The first-order valence-corrected chi connectivity index (χ1v) is 8.30. The van der Waals surface area contributed by atoms with Crippen LogP contribution in [0.3, 0.4) is 0 Å². The summed E-state index contributed by atoms with van der Waals surface area (Å²) in [5, 5.41) is 13.7. The number of hydrogen-bond acceptors (Lipinski definition) is 6. The van der Waals surface area contributed by atoms with E-state index >= 15 is 0 Å². The van der Waals surface area contributed by atoms with Gasteiger partial charge in [-0.15, -0.1) is 0 Å². The van der Waals surface area contributed by atoms with Gasteiger partial charge in [-0.2, -0.15) is 4.98 Å². The van der Waals surface area contributed by atoms with Crippen molar-refractivity contribution in [2.24, 2.45) is 0 Å². The molecular weight excluding hydrogens is 320 g/mol. The molecule has 7 heteroatoms. The molecule has 1 aromatic heterocycles. The lowest BCUT2D eigenvalue weighted by Crippen LogP contribution is -2.18. The molecule has 0 amide bonds. The summed E-state index contributed by atoms with van der Waals surface area (Å²) in [7, 11) is 0. The largest absolute Gasteiger partial charge is 0.393 e. The number of benzene rings is 1. The molecule has 0 radical (unpaired) electrons. The maximum Gasteiger partial charge on any atom is 0.221 e. The van der Waals surface area contributed by atoms with Crippen LogP contribution in [0.5, 0.6) is 0 Å². The molecule has 0 saturated heterocycles. The van der Waals surface area contributed by atoms with E-state index < -0.39 is 0 Å². The van der Waals surface area contributed by atoms with Crippen molar-refractivity contribution in [3.63, 3.8) is 0 Å². The Balaban J connectivity index is 1.79. The summed E-state index contributed by atoms with van der Waals surface area (Å²) in [4.78, 5) is 10.3. The van der Waals surface area contributed by atoms with E-state index in [-0.39, 0.29) is 18.1 Å². The molecule has 1 heterocycles. The van der Waals surface area contributed by atoms with Crippen LogP contribution in [0.25, 0.3) is 0 Å². The van der Waals surface area contributed by atoms with Crippen molar-refractivity contribution in [3.8, 4) is 0 Å². The Labute approximate surface area is 138 Å². The zero-order chi connectivity index (χ0) is 15.5. The first kappa shape index (κ1) is 15.4. The monoisotopic (exact) mass is 336 g/mol. The highest BCUT2D eigenvalue weighted by atomic mass is 35.5. The summed E-state index contributed by atoms with van der Waals surface area (Å²) in [6.07, 6.45) is 3.96. The Bertz CT molecular complexity index is 652. The quantitative estimate of drug-likeness (QED) is 0.795. The van der Waals surface area contributed by atoms with Crippen LogP contribution in [0.4, 0.5) is 11.8 Å². The minimum absolute atomic E-state index is 0.217. The van der Waals surface area contributed by atoms with E-state index in [0.29, 0.717) is 10.8 Å². The first-order chi connectivity index (χ1) is 10.6. The van der Waals surface area contributed by atoms with Crippen LogP contribution < -0.4 is 11.1 Å². The molecule has 116 valence electrons. The molecule has 3 rings (SSSR count). The molecule has 1 saturated carbocycles. The zero-order valence-electron chi connectivity index (χ0n) is 11.9. The van der Waals surface area contributed by atoms with Crippen LogP contribution >= 0.6 is 23.4 Å². The van der Waals surface area contributed by atoms with Gasteiger partial charge in [0.2, 0.25) is 5.95 Å². The average Bonchev–Trinajstić information content (AvgIpc) is 2.89. The summed E-state index contributed by atoms with van der Waals surface area (Å²) >= 11 is 7.46. The molecule has 1 aliphatic carbocycles. The van der Waals surface area contributed by atoms with Gasteiger partial charge in [-0.25, -0.2) is 4.98 Å². The van der Waals surface area contributed by atoms with Gasteiger partial charge in [0.15, 0.2) is 0 Å². The first-order valence-electron chi connectivity index (χ1n) is 7.10. The third kappa shape index (κ3) is 3.82. The van der Waals surface area contributed by atoms with Crippen LogP contribution in [0.1, 0.15) is 19.3 Å². The Morgan fingerprint density at radius 1 is 1.27 bits per heavy atom. The highest BCUT2D eigenvalue weighted by Gasteiger charge is 2.24. The molecule has 0 unspecified atom stereocenters. The molecule has 1 aromatic carbocycles. The Morgan fingerprint density at radius 3 is 2.73 bits per heavy atom. The number of rotatable bonds is 4. The van der Waals surface area contributed by atoms with E-state index in [0.717, 1.165) is 29.1 Å². The second kappa shape index (κ2) is 6.73. The number of halogens is 1. The van der Waals surface area contributed by atoms with Gasteiger partial charge in [0.25, 0.3) is 0 Å². The Morgan fingerprint density at radius 2 is 2.05 bits per heavy atom. The third-order valence-corrected chi connectivity index (χ3v) is 4.84. The van der Waals surface area contributed by atoms with Crippen molar-refractivity contribution in [1.82, 2.24) is 9.97 Å². The van der Waals surface area contributed by atoms with Crippen molar-refractivity contribution in [3.05, 3.63) is 35.5 Å². The van der Waals surface area contributed by atoms with Crippen LogP contribution in [0.2, 0.25) is 5.02 Å². The molecule has 4 N–H and O–H groups in total. The van der Waals surface area contributed by atoms with Crippen molar-refractivity contribution >= 4 is 35.1 Å². The van der Waals surface area contributed by atoms with E-state index in [9.17, 15) is 5.11 Å². The summed E-state index contributed by atoms with van der Waals surface area (Å²) in [6.45, 7) is 0. The number of hydrogen-bond donors (Lipinski definition) is 3. The average molecular weight is 337 g/mol. The number of nitrogen functional groups attached to an aromatic ring is 1. The molecule has 1 fully saturated rings. The fraction of sp³-hybridized carbons (Fsp3) is 0.333. The lowest BCUT2D eigenvalue weighted by molar-refractivity contribution is 0.182. The standard InChI is InChI=1S/C15H17ClN4OS/c16-9-1-5-12(6-2-9)22-13-8-18-15(17)20-14(13)19-10-3-4-11(21)7-10/h1-2,5-6,8,10-11,21H,3-4,7H2,(H3,17,18,19,20)/t10-,11+/m0/s1. The fourth-order valence-electron chi connectivity index (χ4n) is 2.47. The predicted molar refractivity (Wildman–Crippen MR) is 89.3 cm³/mol. The summed E-state index contributed by atoms with van der Waals surface area (Å²) in [5.41, 5.74) is 5.70. The number of aromatic nitrogens is 2. The zero-order valence-corrected chi connectivity index (χ0v) is 13.4. The predicted octanol–water partition coefficient (Wildman–Crippen LogP) is 3.19. The summed E-state index contributed by atoms with van der Waals surface area (Å²) < 4.78 is 0. The molecule has 0 bridgehead atoms. The normalized spacial score (nSPS) is 21.0. The molecule has 2 atom stereocenters. The highest BCUT2D eigenvalue weighted by Crippen LogP contribution is 2.34. The molecule has 0 aliphatic heterocycles. The van der Waals surface area contributed by atoms with Crippen molar-refractivity contribution in [2.45, 2.75) is 41.2 Å². The van der Waals surface area contributed by atoms with E-state index in [4.69, 9.17) is 17.3 Å². The van der Waals surface area contributed by atoms with Crippen LogP contribution in [-0.2, 0) is 0 Å². The summed E-state index contributed by atoms with van der Waals surface area (Å²) in [6, 6.07) is 7.82. The number of nitrogens with zero attached hydrogens (tertiary/aromatic N) is 2. The second-order valence-electron chi connectivity index (χ2n) is 5.31. The topological polar surface area (TPSA) is 84.1 Å². The van der Waals surface area contributed by atoms with Gasteiger partial charge in [0.1, 0.15) is 5.82 Å². The number of aliphatic hydroxyl groups excluding tert-OH is 1. The van der Waals surface area contributed by atoms with E-state index in [1.54, 1.807) is 18.0 Å². The van der Waals surface area contributed by atoms with Gasteiger partial charge in [-0.3, -0.25) is 0 Å². The van der Waals surface area contributed by atoms with E-state index in [1.807, 2.05) is 24.3 Å². The minimum atomic E-state index is -0.232. The van der Waals surface area contributed by atoms with Crippen molar-refractivity contribution < 1.29 is 5.11 Å². The van der Waals surface area contributed by atoms with Gasteiger partial charge < -0.3 is 16.2 Å². The highest BCUT2D eigenvalue weighted by molar-refractivity contribution is 7.99. The van der Waals surface area contributed by atoms with Crippen molar-refractivity contribution in [1.29, 1.82) is 0 Å². The fourth-order valence-corrected chi connectivity index (χ4v) is 3.43. The minimum Gasteiger partial charge on any atom is -0.393 e. The molecule has 2 aromatic rings. The molecule has 1 aliphatic rings. The smallest absolute Gasteiger partial charge is 0.221 e. The van der Waals surface area contributed by atoms with Gasteiger partial charge in [-0.1, -0.05) is 23.4 Å². The van der Waals surface area contributed by atoms with E-state index in [2.05, 4.69) is 15.3 Å². The Hall–Kier alpha value is -1.50. The third-order valence-electron chi connectivity index (χ3n) is 3.56. The maximum atomic E-state index is 9.65. The number of nitrogens with one attached hydrogen (secondary N) is 1. The molecule has 0 spiro atoms. The summed E-state index contributed by atoms with van der Waals surface area (Å²) in [5.74, 6) is 0.952. The molecule has 22 heavy (non-hydrogen) atoms. The second-order valence-corrected chi connectivity index (χ2v) is 6.86. The maximum absolute atomic E-state index is 9.65. The van der Waals surface area contributed by atoms with E-state index in [1.165, 1.54) is 0 Å². The number of anilines is 2. The molecular formula is C15H17ClN4OS. The Kier molecular flexibility index (Phi) is 4.71.